The molecule has 0 aliphatic rings. The predicted molar refractivity (Wildman–Crippen MR) is 111 cm³/mol. The van der Waals surface area contributed by atoms with Crippen LogP contribution in [0.3, 0.4) is 0 Å². The molecule has 2 aromatic rings. The van der Waals surface area contributed by atoms with Gasteiger partial charge in [0.2, 0.25) is 5.91 Å². The van der Waals surface area contributed by atoms with Gasteiger partial charge in [-0.1, -0.05) is 66.8 Å². The highest BCUT2D eigenvalue weighted by atomic mass is 35.5. The number of amides is 2. The van der Waals surface area contributed by atoms with E-state index in [1.165, 1.54) is 0 Å². The maximum absolute atomic E-state index is 12.8. The Morgan fingerprint density at radius 3 is 2.15 bits per heavy atom. The Balaban J connectivity index is 2.12. The van der Waals surface area contributed by atoms with Crippen LogP contribution in [0.4, 0.5) is 0 Å². The number of benzene rings is 2. The van der Waals surface area contributed by atoms with Crippen molar-refractivity contribution in [2.45, 2.75) is 32.9 Å². The molecule has 7 heteroatoms. The number of rotatable bonds is 6. The second-order valence-electron chi connectivity index (χ2n) is 6.57. The number of nitrogens with one attached hydrogen (secondary N) is 2. The summed E-state index contributed by atoms with van der Waals surface area (Å²) in [5, 5.41) is 6.98. The van der Waals surface area contributed by atoms with Gasteiger partial charge in [0.15, 0.2) is 0 Å². The zero-order valence-corrected chi connectivity index (χ0v) is 17.5. The minimum Gasteiger partial charge on any atom is -0.348 e. The summed E-state index contributed by atoms with van der Waals surface area (Å²) in [6.45, 7) is 5.54. The van der Waals surface area contributed by atoms with E-state index < -0.39 is 11.9 Å². The van der Waals surface area contributed by atoms with Gasteiger partial charge in [-0.15, -0.1) is 0 Å². The summed E-state index contributed by atoms with van der Waals surface area (Å²) in [6, 6.07) is 10.7. The minimum atomic E-state index is -0.720. The molecule has 0 saturated carbocycles. The average Bonchev–Trinajstić information content (AvgIpc) is 2.59. The summed E-state index contributed by atoms with van der Waals surface area (Å²) in [5.74, 6) is -0.820. The smallest absolute Gasteiger partial charge is 0.253 e. The van der Waals surface area contributed by atoms with Gasteiger partial charge in [-0.25, -0.2) is 0 Å². The van der Waals surface area contributed by atoms with Crippen molar-refractivity contribution in [2.75, 3.05) is 0 Å². The van der Waals surface area contributed by atoms with Gasteiger partial charge in [0, 0.05) is 10.0 Å². The lowest BCUT2D eigenvalue weighted by Crippen LogP contribution is -2.50. The third kappa shape index (κ3) is 5.61. The molecule has 0 fully saturated rings. The summed E-state index contributed by atoms with van der Waals surface area (Å²) in [7, 11) is 0. The SMILES string of the molecule is CC(NC(=O)C(NC(=O)c1ccccc1Cl)C(C)C)c1ccc(Cl)cc1Cl. The first-order valence-corrected chi connectivity index (χ1v) is 9.64. The van der Waals surface area contributed by atoms with Gasteiger partial charge < -0.3 is 10.6 Å². The molecule has 0 aliphatic carbocycles. The first-order valence-electron chi connectivity index (χ1n) is 8.51. The Morgan fingerprint density at radius 1 is 0.889 bits per heavy atom. The highest BCUT2D eigenvalue weighted by molar-refractivity contribution is 6.35. The van der Waals surface area contributed by atoms with Crippen molar-refractivity contribution in [1.29, 1.82) is 0 Å². The van der Waals surface area contributed by atoms with Gasteiger partial charge >= 0.3 is 0 Å². The van der Waals surface area contributed by atoms with Gasteiger partial charge in [-0.05, 0) is 42.7 Å². The monoisotopic (exact) mass is 426 g/mol. The fraction of sp³-hybridized carbons (Fsp3) is 0.300. The lowest BCUT2D eigenvalue weighted by molar-refractivity contribution is -0.124. The van der Waals surface area contributed by atoms with Crippen LogP contribution in [0.15, 0.2) is 42.5 Å². The van der Waals surface area contributed by atoms with Crippen molar-refractivity contribution in [2.24, 2.45) is 5.92 Å². The van der Waals surface area contributed by atoms with E-state index in [4.69, 9.17) is 34.8 Å². The van der Waals surface area contributed by atoms with E-state index in [9.17, 15) is 9.59 Å². The van der Waals surface area contributed by atoms with Crippen LogP contribution in [0.5, 0.6) is 0 Å². The van der Waals surface area contributed by atoms with E-state index in [0.717, 1.165) is 5.56 Å². The van der Waals surface area contributed by atoms with Crippen molar-refractivity contribution in [1.82, 2.24) is 10.6 Å². The van der Waals surface area contributed by atoms with Crippen LogP contribution in [0, 0.1) is 5.92 Å². The van der Waals surface area contributed by atoms with Gasteiger partial charge in [0.1, 0.15) is 6.04 Å². The molecule has 2 N–H and O–H groups in total. The fourth-order valence-corrected chi connectivity index (χ4v) is 3.43. The number of carbonyl (C=O) groups excluding carboxylic acids is 2. The molecule has 0 saturated heterocycles. The third-order valence-electron chi connectivity index (χ3n) is 4.14. The molecular weight excluding hydrogens is 407 g/mol. The largest absolute Gasteiger partial charge is 0.348 e. The van der Waals surface area contributed by atoms with Crippen molar-refractivity contribution >= 4 is 46.6 Å². The Hall–Kier alpha value is -1.75. The van der Waals surface area contributed by atoms with Gasteiger partial charge in [-0.2, -0.15) is 0 Å². The molecule has 0 aliphatic heterocycles. The average molecular weight is 428 g/mol. The molecule has 0 spiro atoms. The topological polar surface area (TPSA) is 58.2 Å². The van der Waals surface area contributed by atoms with E-state index in [1.54, 1.807) is 42.5 Å². The van der Waals surface area contributed by atoms with E-state index in [1.807, 2.05) is 20.8 Å². The molecule has 2 amide bonds. The highest BCUT2D eigenvalue weighted by Gasteiger charge is 2.27. The zero-order chi connectivity index (χ0) is 20.1. The number of hydrogen-bond acceptors (Lipinski definition) is 2. The van der Waals surface area contributed by atoms with E-state index in [2.05, 4.69) is 10.6 Å². The molecule has 0 aromatic heterocycles. The molecular formula is C20H21Cl3N2O2. The maximum atomic E-state index is 12.8. The quantitative estimate of drug-likeness (QED) is 0.659. The lowest BCUT2D eigenvalue weighted by atomic mass is 10.0. The minimum absolute atomic E-state index is 0.121. The van der Waals surface area contributed by atoms with E-state index in [-0.39, 0.29) is 17.9 Å². The standard InChI is InChI=1S/C20H21Cl3N2O2/c1-11(2)18(25-19(26)15-6-4-5-7-16(15)22)20(27)24-12(3)14-9-8-13(21)10-17(14)23/h4-12,18H,1-3H3,(H,24,27)(H,25,26). The first kappa shape index (κ1) is 21.5. The Kier molecular flexibility index (Phi) is 7.54. The molecule has 0 bridgehead atoms. The summed E-state index contributed by atoms with van der Waals surface area (Å²) in [6.07, 6.45) is 0. The van der Waals surface area contributed by atoms with E-state index >= 15 is 0 Å². The van der Waals surface area contributed by atoms with Crippen molar-refractivity contribution in [3.8, 4) is 0 Å². The molecule has 0 radical (unpaired) electrons. The van der Waals surface area contributed by atoms with E-state index in [0.29, 0.717) is 20.6 Å². The van der Waals surface area contributed by atoms with Gasteiger partial charge in [-0.3, -0.25) is 9.59 Å². The normalized spacial score (nSPS) is 13.1. The van der Waals surface area contributed by atoms with Crippen molar-refractivity contribution in [3.05, 3.63) is 68.7 Å². The Bertz CT molecular complexity index is 840. The number of carbonyl (C=O) groups is 2. The molecule has 0 heterocycles. The van der Waals surface area contributed by atoms with Crippen LogP contribution >= 0.6 is 34.8 Å². The molecule has 2 rings (SSSR count). The number of hydrogen-bond donors (Lipinski definition) is 2. The zero-order valence-electron chi connectivity index (χ0n) is 15.2. The molecule has 2 atom stereocenters. The molecule has 27 heavy (non-hydrogen) atoms. The van der Waals surface area contributed by atoms with Gasteiger partial charge in [0.05, 0.1) is 16.6 Å². The second-order valence-corrected chi connectivity index (χ2v) is 7.82. The molecule has 2 unspecified atom stereocenters. The molecule has 4 nitrogen and oxygen atoms in total. The van der Waals surface area contributed by atoms with Crippen LogP contribution in [0.1, 0.15) is 42.7 Å². The third-order valence-corrected chi connectivity index (χ3v) is 5.03. The second kappa shape index (κ2) is 9.45. The van der Waals surface area contributed by atoms with Crippen LogP contribution in [-0.2, 0) is 4.79 Å². The van der Waals surface area contributed by atoms with Crippen molar-refractivity contribution in [3.63, 3.8) is 0 Å². The molecule has 2 aromatic carbocycles. The lowest BCUT2D eigenvalue weighted by Gasteiger charge is -2.25. The first-order chi connectivity index (χ1) is 12.7. The van der Waals surface area contributed by atoms with Crippen LogP contribution in [0.2, 0.25) is 15.1 Å². The maximum Gasteiger partial charge on any atom is 0.253 e. The summed E-state index contributed by atoms with van der Waals surface area (Å²) >= 11 is 18.2. The Morgan fingerprint density at radius 2 is 1.56 bits per heavy atom. The van der Waals surface area contributed by atoms with Crippen LogP contribution in [-0.4, -0.2) is 17.9 Å². The summed E-state index contributed by atoms with van der Waals surface area (Å²) < 4.78 is 0. The number of halogens is 3. The fourth-order valence-electron chi connectivity index (χ4n) is 2.63. The van der Waals surface area contributed by atoms with Crippen LogP contribution < -0.4 is 10.6 Å². The van der Waals surface area contributed by atoms with Crippen molar-refractivity contribution < 1.29 is 9.59 Å². The van der Waals surface area contributed by atoms with Crippen LogP contribution in [0.25, 0.3) is 0 Å². The molecule has 144 valence electrons. The van der Waals surface area contributed by atoms with Gasteiger partial charge in [0.25, 0.3) is 5.91 Å². The summed E-state index contributed by atoms with van der Waals surface area (Å²) in [4.78, 5) is 25.3. The Labute approximate surface area is 174 Å². The predicted octanol–water partition coefficient (Wildman–Crippen LogP) is 5.28. The summed E-state index contributed by atoms with van der Waals surface area (Å²) in [5.41, 5.74) is 1.07. The highest BCUT2D eigenvalue weighted by Crippen LogP contribution is 2.26.